The highest BCUT2D eigenvalue weighted by Gasteiger charge is 2.00. The highest BCUT2D eigenvalue weighted by molar-refractivity contribution is 6.17. The summed E-state index contributed by atoms with van der Waals surface area (Å²) >= 11 is 5.53. The van der Waals surface area contributed by atoms with Crippen LogP contribution in [0.15, 0.2) is 17.1 Å². The highest BCUT2D eigenvalue weighted by Crippen LogP contribution is 1.99. The average molecular weight is 172 g/mol. The van der Waals surface area contributed by atoms with E-state index in [-0.39, 0.29) is 5.43 Å². The lowest BCUT2D eigenvalue weighted by atomic mass is 10.1. The van der Waals surface area contributed by atoms with Crippen molar-refractivity contribution < 1.29 is 0 Å². The van der Waals surface area contributed by atoms with Crippen LogP contribution in [0.3, 0.4) is 0 Å². The number of pyridine rings is 1. The largest absolute Gasteiger partial charge is 0.365 e. The molecule has 0 fully saturated rings. The normalized spacial score (nSPS) is 10.0. The van der Waals surface area contributed by atoms with Crippen molar-refractivity contribution in [1.82, 2.24) is 4.98 Å². The van der Waals surface area contributed by atoms with Gasteiger partial charge in [0.1, 0.15) is 0 Å². The Hall–Kier alpha value is -0.760. The molecule has 0 saturated heterocycles. The van der Waals surface area contributed by atoms with Crippen molar-refractivity contribution in [2.45, 2.75) is 13.3 Å². The molecule has 0 amide bonds. The van der Waals surface area contributed by atoms with Crippen molar-refractivity contribution in [3.8, 4) is 0 Å². The van der Waals surface area contributed by atoms with E-state index in [9.17, 15) is 4.79 Å². The summed E-state index contributed by atoms with van der Waals surface area (Å²) in [5.41, 5.74) is 1.78. The van der Waals surface area contributed by atoms with Crippen molar-refractivity contribution in [1.29, 1.82) is 0 Å². The number of hydrogen-bond acceptors (Lipinski definition) is 1. The lowest BCUT2D eigenvalue weighted by Crippen LogP contribution is -2.11. The minimum atomic E-state index is 0.0712. The second kappa shape index (κ2) is 3.58. The monoisotopic (exact) mass is 171 g/mol. The predicted molar refractivity (Wildman–Crippen MR) is 46.2 cm³/mol. The molecule has 2 nitrogen and oxygen atoms in total. The zero-order valence-corrected chi connectivity index (χ0v) is 7.11. The van der Waals surface area contributed by atoms with Crippen LogP contribution in [0.1, 0.15) is 11.3 Å². The van der Waals surface area contributed by atoms with E-state index in [0.717, 1.165) is 11.3 Å². The van der Waals surface area contributed by atoms with Gasteiger partial charge in [0.2, 0.25) is 0 Å². The number of aryl methyl sites for hydroxylation is 1. The Morgan fingerprint density at radius 2 is 2.36 bits per heavy atom. The van der Waals surface area contributed by atoms with Crippen molar-refractivity contribution in [3.05, 3.63) is 33.7 Å². The minimum Gasteiger partial charge on any atom is -0.365 e. The van der Waals surface area contributed by atoms with Gasteiger partial charge in [-0.25, -0.2) is 0 Å². The van der Waals surface area contributed by atoms with Crippen LogP contribution in [-0.4, -0.2) is 10.9 Å². The van der Waals surface area contributed by atoms with E-state index < -0.39 is 0 Å². The molecule has 11 heavy (non-hydrogen) atoms. The number of rotatable bonds is 2. The smallest absolute Gasteiger partial charge is 0.185 e. The predicted octanol–water partition coefficient (Wildman–Crippen LogP) is 1.46. The fourth-order valence-corrected chi connectivity index (χ4v) is 1.21. The van der Waals surface area contributed by atoms with Gasteiger partial charge in [-0.05, 0) is 13.3 Å². The molecule has 1 N–H and O–H groups in total. The molecule has 0 aliphatic rings. The van der Waals surface area contributed by atoms with Crippen LogP contribution in [0.4, 0.5) is 0 Å². The molecule has 0 unspecified atom stereocenters. The molecule has 0 aliphatic carbocycles. The molecule has 0 spiro atoms. The summed E-state index contributed by atoms with van der Waals surface area (Å²) in [4.78, 5) is 14.1. The minimum absolute atomic E-state index is 0.0712. The maximum absolute atomic E-state index is 11.2. The van der Waals surface area contributed by atoms with Gasteiger partial charge in [-0.15, -0.1) is 11.6 Å². The van der Waals surface area contributed by atoms with Crippen molar-refractivity contribution >= 4 is 11.6 Å². The second-order valence-electron chi connectivity index (χ2n) is 2.38. The van der Waals surface area contributed by atoms with Crippen LogP contribution in [-0.2, 0) is 6.42 Å². The summed E-state index contributed by atoms with van der Waals surface area (Å²) in [5, 5.41) is 0. The van der Waals surface area contributed by atoms with E-state index in [4.69, 9.17) is 11.6 Å². The summed E-state index contributed by atoms with van der Waals surface area (Å²) < 4.78 is 0. The fraction of sp³-hybridized carbons (Fsp3) is 0.375. The van der Waals surface area contributed by atoms with E-state index >= 15 is 0 Å². The molecular weight excluding hydrogens is 162 g/mol. The van der Waals surface area contributed by atoms with E-state index in [1.165, 1.54) is 6.07 Å². The molecule has 1 heterocycles. The first-order chi connectivity index (χ1) is 5.25. The first-order valence-electron chi connectivity index (χ1n) is 3.49. The molecule has 3 heteroatoms. The zero-order chi connectivity index (χ0) is 8.27. The zero-order valence-electron chi connectivity index (χ0n) is 6.36. The van der Waals surface area contributed by atoms with Gasteiger partial charge >= 0.3 is 0 Å². The first-order valence-corrected chi connectivity index (χ1v) is 4.02. The molecule has 60 valence electrons. The molecule has 1 aromatic rings. The summed E-state index contributed by atoms with van der Waals surface area (Å²) in [6.45, 7) is 1.88. The van der Waals surface area contributed by atoms with Gasteiger partial charge in [0.05, 0.1) is 0 Å². The average Bonchev–Trinajstić information content (AvgIpc) is 1.97. The number of aromatic amines is 1. The number of alkyl halides is 1. The van der Waals surface area contributed by atoms with Gasteiger partial charge in [0.15, 0.2) is 5.43 Å². The van der Waals surface area contributed by atoms with Crippen molar-refractivity contribution in [3.63, 3.8) is 0 Å². The molecule has 1 rings (SSSR count). The maximum atomic E-state index is 11.2. The van der Waals surface area contributed by atoms with Crippen molar-refractivity contribution in [2.24, 2.45) is 0 Å². The highest BCUT2D eigenvalue weighted by atomic mass is 35.5. The summed E-state index contributed by atoms with van der Waals surface area (Å²) in [7, 11) is 0. The summed E-state index contributed by atoms with van der Waals surface area (Å²) in [6, 6.07) is 1.52. The lowest BCUT2D eigenvalue weighted by molar-refractivity contribution is 1.03. The molecule has 0 aromatic carbocycles. The third-order valence-electron chi connectivity index (χ3n) is 1.63. The summed E-state index contributed by atoms with van der Waals surface area (Å²) in [6.07, 6.45) is 2.29. The Balaban J connectivity index is 3.10. The van der Waals surface area contributed by atoms with Crippen LogP contribution in [0.2, 0.25) is 0 Å². The second-order valence-corrected chi connectivity index (χ2v) is 2.76. The molecule has 0 saturated carbocycles. The lowest BCUT2D eigenvalue weighted by Gasteiger charge is -2.00. The van der Waals surface area contributed by atoms with Crippen LogP contribution in [0, 0.1) is 6.92 Å². The number of hydrogen-bond donors (Lipinski definition) is 1. The van der Waals surface area contributed by atoms with Crippen LogP contribution in [0.25, 0.3) is 0 Å². The molecule has 0 bridgehead atoms. The van der Waals surface area contributed by atoms with Gasteiger partial charge in [-0.3, -0.25) is 4.79 Å². The van der Waals surface area contributed by atoms with Crippen molar-refractivity contribution in [2.75, 3.05) is 5.88 Å². The Kier molecular flexibility index (Phi) is 2.71. The number of H-pyrrole nitrogens is 1. The topological polar surface area (TPSA) is 32.9 Å². The van der Waals surface area contributed by atoms with E-state index in [1.807, 2.05) is 6.92 Å². The van der Waals surface area contributed by atoms with E-state index in [2.05, 4.69) is 4.98 Å². The van der Waals surface area contributed by atoms with E-state index in [1.54, 1.807) is 6.20 Å². The molecular formula is C8H10ClNO. The molecule has 0 radical (unpaired) electrons. The Labute approximate surface area is 70.2 Å². The number of halogens is 1. The van der Waals surface area contributed by atoms with E-state index in [0.29, 0.717) is 12.3 Å². The number of nitrogens with one attached hydrogen (secondary N) is 1. The Morgan fingerprint density at radius 1 is 1.64 bits per heavy atom. The fourth-order valence-electron chi connectivity index (χ4n) is 1.02. The molecule has 1 aromatic heterocycles. The van der Waals surface area contributed by atoms with Gasteiger partial charge in [0, 0.05) is 29.4 Å². The Bertz CT molecular complexity index is 292. The maximum Gasteiger partial charge on any atom is 0.185 e. The Morgan fingerprint density at radius 3 is 2.91 bits per heavy atom. The standard InChI is InChI=1S/C8H10ClNO/c1-6-7(2-4-9)8(11)3-5-10-6/h3,5H,2,4H2,1H3,(H,10,11). The number of aromatic nitrogens is 1. The van der Waals surface area contributed by atoms with Gasteiger partial charge < -0.3 is 4.98 Å². The van der Waals surface area contributed by atoms with Crippen LogP contribution < -0.4 is 5.43 Å². The summed E-state index contributed by atoms with van der Waals surface area (Å²) in [5.74, 6) is 0.494. The third-order valence-corrected chi connectivity index (χ3v) is 1.82. The van der Waals surface area contributed by atoms with Crippen LogP contribution in [0.5, 0.6) is 0 Å². The van der Waals surface area contributed by atoms with Gasteiger partial charge in [-0.1, -0.05) is 0 Å². The SMILES string of the molecule is Cc1[nH]ccc(=O)c1CCCl. The molecule has 0 atom stereocenters. The van der Waals surface area contributed by atoms with Gasteiger partial charge in [0.25, 0.3) is 0 Å². The third kappa shape index (κ3) is 1.84. The quantitative estimate of drug-likeness (QED) is 0.672. The van der Waals surface area contributed by atoms with Gasteiger partial charge in [-0.2, -0.15) is 0 Å². The first kappa shape index (κ1) is 8.34. The molecule has 0 aliphatic heterocycles. The van der Waals surface area contributed by atoms with Crippen LogP contribution >= 0.6 is 11.6 Å².